The second-order valence-corrected chi connectivity index (χ2v) is 8.54. The number of hydrogen-bond acceptors (Lipinski definition) is 5. The van der Waals surface area contributed by atoms with E-state index in [1.807, 2.05) is 18.2 Å². The minimum Gasteiger partial charge on any atom is -0.493 e. The number of hydrogen-bond donors (Lipinski definition) is 0. The molecule has 9 heteroatoms. The van der Waals surface area contributed by atoms with Gasteiger partial charge in [0, 0.05) is 15.5 Å². The summed E-state index contributed by atoms with van der Waals surface area (Å²) in [6.45, 7) is 0.483. The van der Waals surface area contributed by atoms with Gasteiger partial charge in [0.05, 0.1) is 25.7 Å². The highest BCUT2D eigenvalue weighted by Crippen LogP contribution is 2.36. The molecule has 1 heterocycles. The summed E-state index contributed by atoms with van der Waals surface area (Å²) in [5.74, 6) is 1.27. The fraction of sp³-hybridized carbons (Fsp3) is 0.263. The Balaban J connectivity index is 1.80. The van der Waals surface area contributed by atoms with Crippen molar-refractivity contribution in [3.05, 3.63) is 50.7 Å². The van der Waals surface area contributed by atoms with E-state index in [0.717, 1.165) is 5.56 Å². The third-order valence-electron chi connectivity index (χ3n) is 4.12. The van der Waals surface area contributed by atoms with Gasteiger partial charge in [-0.25, -0.2) is 9.38 Å². The molecular weight excluding hydrogens is 515 g/mol. The minimum absolute atomic E-state index is 0.00131. The maximum atomic E-state index is 13.5. The summed E-state index contributed by atoms with van der Waals surface area (Å²) in [5.41, 5.74) is 1.57. The summed E-state index contributed by atoms with van der Waals surface area (Å²) in [7, 11) is 3.18. The molecule has 148 valence electrons. The lowest BCUT2D eigenvalue weighted by Gasteiger charge is -2.17. The number of ether oxygens (including phenoxy) is 2. The molecule has 0 aliphatic carbocycles. The molecule has 2 aromatic carbocycles. The molecule has 3 rings (SSSR count). The number of thioether (sulfide) groups is 1. The van der Waals surface area contributed by atoms with Gasteiger partial charge in [0.1, 0.15) is 5.82 Å². The molecular formula is C19H17Br2FN2O3S. The Bertz CT molecular complexity index is 916. The zero-order valence-electron chi connectivity index (χ0n) is 15.2. The first-order valence-corrected chi connectivity index (χ1v) is 10.9. The standard InChI is InChI=1S/C19H17Br2FN2O3S/c1-26-15-4-3-11(7-16(15)27-2)5-6-24-17(25)10-28-19(24)23-18-13(20)8-12(22)9-14(18)21/h3-4,7-9H,5-6,10H2,1-2H3. The highest BCUT2D eigenvalue weighted by molar-refractivity contribution is 9.11. The third kappa shape index (κ3) is 4.69. The maximum Gasteiger partial charge on any atom is 0.239 e. The van der Waals surface area contributed by atoms with Gasteiger partial charge in [-0.3, -0.25) is 9.69 Å². The number of rotatable bonds is 6. The Kier molecular flexibility index (Phi) is 7.00. The Hall–Kier alpha value is -1.58. The Morgan fingerprint density at radius 2 is 1.82 bits per heavy atom. The Morgan fingerprint density at radius 3 is 2.46 bits per heavy atom. The second kappa shape index (κ2) is 9.28. The number of nitrogens with zero attached hydrogens (tertiary/aromatic N) is 2. The van der Waals surface area contributed by atoms with Crippen LogP contribution < -0.4 is 9.47 Å². The van der Waals surface area contributed by atoms with Crippen LogP contribution in [0.25, 0.3) is 0 Å². The second-order valence-electron chi connectivity index (χ2n) is 5.89. The van der Waals surface area contributed by atoms with E-state index in [1.165, 1.54) is 23.9 Å². The number of amidine groups is 1. The highest BCUT2D eigenvalue weighted by Gasteiger charge is 2.28. The van der Waals surface area contributed by atoms with Gasteiger partial charge >= 0.3 is 0 Å². The monoisotopic (exact) mass is 530 g/mol. The van der Waals surface area contributed by atoms with Crippen LogP contribution in [0, 0.1) is 5.82 Å². The molecule has 0 bridgehead atoms. The summed E-state index contributed by atoms with van der Waals surface area (Å²) in [4.78, 5) is 18.6. The van der Waals surface area contributed by atoms with Crippen LogP contribution >= 0.6 is 43.6 Å². The quantitative estimate of drug-likeness (QED) is 0.515. The lowest BCUT2D eigenvalue weighted by molar-refractivity contribution is -0.124. The lowest BCUT2D eigenvalue weighted by Crippen LogP contribution is -2.31. The predicted molar refractivity (Wildman–Crippen MR) is 116 cm³/mol. The van der Waals surface area contributed by atoms with Crippen LogP contribution in [0.2, 0.25) is 0 Å². The molecule has 1 aliphatic rings. The van der Waals surface area contributed by atoms with Gasteiger partial charge in [-0.2, -0.15) is 0 Å². The van der Waals surface area contributed by atoms with E-state index in [1.54, 1.807) is 19.1 Å². The number of carbonyl (C=O) groups is 1. The first-order valence-electron chi connectivity index (χ1n) is 8.30. The molecule has 0 spiro atoms. The number of methoxy groups -OCH3 is 2. The SMILES string of the molecule is COc1ccc(CCN2C(=O)CSC2=Nc2c(Br)cc(F)cc2Br)cc1OC. The van der Waals surface area contributed by atoms with Gasteiger partial charge in [-0.1, -0.05) is 17.8 Å². The van der Waals surface area contributed by atoms with E-state index >= 15 is 0 Å². The fourth-order valence-electron chi connectivity index (χ4n) is 2.72. The summed E-state index contributed by atoms with van der Waals surface area (Å²) in [5, 5.41) is 0.596. The Morgan fingerprint density at radius 1 is 1.14 bits per heavy atom. The average molecular weight is 532 g/mol. The van der Waals surface area contributed by atoms with E-state index in [0.29, 0.717) is 50.0 Å². The third-order valence-corrected chi connectivity index (χ3v) is 6.29. The largest absolute Gasteiger partial charge is 0.493 e. The summed E-state index contributed by atoms with van der Waals surface area (Å²) in [6.07, 6.45) is 0.636. The van der Waals surface area contributed by atoms with Crippen LogP contribution in [0.4, 0.5) is 10.1 Å². The molecule has 5 nitrogen and oxygen atoms in total. The molecule has 0 atom stereocenters. The number of aliphatic imine (C=N–C) groups is 1. The van der Waals surface area contributed by atoms with Crippen LogP contribution in [0.15, 0.2) is 44.3 Å². The summed E-state index contributed by atoms with van der Waals surface area (Å²) < 4.78 is 25.1. The predicted octanol–water partition coefficient (Wildman–Crippen LogP) is 5.17. The van der Waals surface area contributed by atoms with Crippen molar-refractivity contribution in [1.82, 2.24) is 4.90 Å². The first kappa shape index (κ1) is 21.1. The van der Waals surface area contributed by atoms with Crippen LogP contribution in [-0.4, -0.2) is 42.5 Å². The van der Waals surface area contributed by atoms with E-state index in [4.69, 9.17) is 9.47 Å². The minimum atomic E-state index is -0.372. The van der Waals surface area contributed by atoms with E-state index in [9.17, 15) is 9.18 Å². The molecule has 1 fully saturated rings. The molecule has 1 aliphatic heterocycles. The van der Waals surface area contributed by atoms with E-state index in [-0.39, 0.29) is 11.7 Å². The molecule has 1 amide bonds. The average Bonchev–Trinajstić information content (AvgIpc) is 3.02. The maximum absolute atomic E-state index is 13.5. The number of carbonyl (C=O) groups excluding carboxylic acids is 1. The van der Waals surface area contributed by atoms with Crippen molar-refractivity contribution in [2.45, 2.75) is 6.42 Å². The van der Waals surface area contributed by atoms with Crippen molar-refractivity contribution >= 4 is 60.4 Å². The normalized spacial score (nSPS) is 15.4. The van der Waals surface area contributed by atoms with E-state index in [2.05, 4.69) is 36.9 Å². The van der Waals surface area contributed by atoms with Crippen molar-refractivity contribution in [2.75, 3.05) is 26.5 Å². The van der Waals surface area contributed by atoms with Crippen molar-refractivity contribution in [1.29, 1.82) is 0 Å². The van der Waals surface area contributed by atoms with Gasteiger partial charge in [0.25, 0.3) is 0 Å². The summed E-state index contributed by atoms with van der Waals surface area (Å²) >= 11 is 8.03. The van der Waals surface area contributed by atoms with Gasteiger partial charge in [-0.15, -0.1) is 0 Å². The molecule has 0 unspecified atom stereocenters. The smallest absolute Gasteiger partial charge is 0.239 e. The van der Waals surface area contributed by atoms with E-state index < -0.39 is 0 Å². The van der Waals surface area contributed by atoms with Crippen LogP contribution in [-0.2, 0) is 11.2 Å². The number of benzene rings is 2. The molecule has 0 saturated carbocycles. The van der Waals surface area contributed by atoms with Gasteiger partial charge in [0.2, 0.25) is 5.91 Å². The van der Waals surface area contributed by atoms with Crippen molar-refractivity contribution < 1.29 is 18.7 Å². The zero-order valence-corrected chi connectivity index (χ0v) is 19.2. The molecule has 0 radical (unpaired) electrons. The van der Waals surface area contributed by atoms with Crippen molar-refractivity contribution in [2.24, 2.45) is 4.99 Å². The topological polar surface area (TPSA) is 51.1 Å². The lowest BCUT2D eigenvalue weighted by atomic mass is 10.1. The van der Waals surface area contributed by atoms with Crippen LogP contribution in [0.1, 0.15) is 5.56 Å². The number of amides is 1. The molecule has 1 saturated heterocycles. The first-order chi connectivity index (χ1) is 13.4. The van der Waals surface area contributed by atoms with Gasteiger partial charge in [-0.05, 0) is 68.1 Å². The van der Waals surface area contributed by atoms with Crippen molar-refractivity contribution in [3.63, 3.8) is 0 Å². The van der Waals surface area contributed by atoms with Gasteiger partial charge in [0.15, 0.2) is 16.7 Å². The molecule has 0 N–H and O–H groups in total. The van der Waals surface area contributed by atoms with Crippen LogP contribution in [0.5, 0.6) is 11.5 Å². The fourth-order valence-corrected chi connectivity index (χ4v) is 4.94. The zero-order chi connectivity index (χ0) is 20.3. The summed E-state index contributed by atoms with van der Waals surface area (Å²) in [6, 6.07) is 8.38. The molecule has 2 aromatic rings. The number of halogens is 3. The molecule has 0 aromatic heterocycles. The molecule has 28 heavy (non-hydrogen) atoms. The van der Waals surface area contributed by atoms with Crippen molar-refractivity contribution in [3.8, 4) is 11.5 Å². The Labute approximate surface area is 183 Å². The van der Waals surface area contributed by atoms with Crippen LogP contribution in [0.3, 0.4) is 0 Å². The van der Waals surface area contributed by atoms with Gasteiger partial charge < -0.3 is 9.47 Å². The highest BCUT2D eigenvalue weighted by atomic mass is 79.9.